The van der Waals surface area contributed by atoms with Crippen LogP contribution in [0.15, 0.2) is 35.2 Å². The molecule has 1 nitrogen and oxygen atoms in total. The van der Waals surface area contributed by atoms with E-state index >= 15 is 0 Å². The fourth-order valence-electron chi connectivity index (χ4n) is 2.38. The summed E-state index contributed by atoms with van der Waals surface area (Å²) >= 11 is 0. The maximum Gasteiger partial charge on any atom is 0.104 e. The van der Waals surface area contributed by atoms with E-state index in [9.17, 15) is 4.39 Å². The molecule has 88 valence electrons. The topological polar surface area (TPSA) is 3.24 Å². The van der Waals surface area contributed by atoms with Crippen LogP contribution in [0.25, 0.3) is 0 Å². The predicted molar refractivity (Wildman–Crippen MR) is 65.9 cm³/mol. The van der Waals surface area contributed by atoms with Crippen molar-refractivity contribution in [2.24, 2.45) is 0 Å². The Labute approximate surface area is 97.3 Å². The molecule has 0 atom stereocenters. The standard InChI is InChI=1S/C14H20FN/c1-12-6-5-7-14(15)10-13(12)11-16-8-3-2-4-9-16/h5-7H,2-4,8-11H2,1H3. The Morgan fingerprint density at radius 1 is 1.25 bits per heavy atom. The van der Waals surface area contributed by atoms with Gasteiger partial charge in [-0.2, -0.15) is 0 Å². The van der Waals surface area contributed by atoms with Crippen LogP contribution in [-0.4, -0.2) is 24.5 Å². The first-order chi connectivity index (χ1) is 7.75. The van der Waals surface area contributed by atoms with Crippen molar-refractivity contribution in [1.29, 1.82) is 0 Å². The molecule has 2 heteroatoms. The number of allylic oxidation sites excluding steroid dienone is 5. The lowest BCUT2D eigenvalue weighted by Crippen LogP contribution is -2.31. The summed E-state index contributed by atoms with van der Waals surface area (Å²) in [6, 6.07) is 0. The second-order valence-corrected chi connectivity index (χ2v) is 4.77. The molecule has 0 aromatic carbocycles. The van der Waals surface area contributed by atoms with Crippen molar-refractivity contribution in [3.63, 3.8) is 0 Å². The molecule has 0 saturated carbocycles. The Kier molecular flexibility index (Phi) is 3.94. The van der Waals surface area contributed by atoms with Gasteiger partial charge in [-0.1, -0.05) is 24.1 Å². The van der Waals surface area contributed by atoms with Gasteiger partial charge in [0.15, 0.2) is 0 Å². The Morgan fingerprint density at radius 2 is 2.00 bits per heavy atom. The van der Waals surface area contributed by atoms with Crippen LogP contribution in [0.2, 0.25) is 0 Å². The van der Waals surface area contributed by atoms with Crippen LogP contribution in [0.3, 0.4) is 0 Å². The largest absolute Gasteiger partial charge is 0.299 e. The monoisotopic (exact) mass is 221 g/mol. The molecule has 1 fully saturated rings. The van der Waals surface area contributed by atoms with Gasteiger partial charge in [0.05, 0.1) is 0 Å². The molecular formula is C14H20FN. The first kappa shape index (κ1) is 11.6. The summed E-state index contributed by atoms with van der Waals surface area (Å²) in [6.45, 7) is 5.37. The SMILES string of the molecule is CC1=C(CN2CCCCC2)CC(F)=CC=C1. The maximum atomic E-state index is 13.4. The van der Waals surface area contributed by atoms with Crippen molar-refractivity contribution in [2.75, 3.05) is 19.6 Å². The molecule has 1 saturated heterocycles. The van der Waals surface area contributed by atoms with Gasteiger partial charge in [0, 0.05) is 13.0 Å². The zero-order chi connectivity index (χ0) is 11.4. The lowest BCUT2D eigenvalue weighted by Gasteiger charge is -2.27. The summed E-state index contributed by atoms with van der Waals surface area (Å²) in [5.41, 5.74) is 2.47. The highest BCUT2D eigenvalue weighted by Crippen LogP contribution is 2.22. The summed E-state index contributed by atoms with van der Waals surface area (Å²) in [5, 5.41) is 0. The van der Waals surface area contributed by atoms with E-state index in [0.29, 0.717) is 6.42 Å². The molecule has 2 aliphatic rings. The van der Waals surface area contributed by atoms with Gasteiger partial charge in [0.25, 0.3) is 0 Å². The third-order valence-corrected chi connectivity index (χ3v) is 3.43. The molecule has 2 rings (SSSR count). The third-order valence-electron chi connectivity index (χ3n) is 3.43. The average Bonchev–Trinajstić information content (AvgIpc) is 2.43. The highest BCUT2D eigenvalue weighted by Gasteiger charge is 2.14. The van der Waals surface area contributed by atoms with Gasteiger partial charge in [-0.05, 0) is 44.5 Å². The number of likely N-dealkylation sites (tertiary alicyclic amines) is 1. The van der Waals surface area contributed by atoms with Crippen LogP contribution in [0.1, 0.15) is 32.6 Å². The Bertz CT molecular complexity index is 333. The molecule has 0 bridgehead atoms. The summed E-state index contributed by atoms with van der Waals surface area (Å²) in [5.74, 6) is -0.0138. The predicted octanol–water partition coefficient (Wildman–Crippen LogP) is 3.60. The maximum absolute atomic E-state index is 13.4. The first-order valence-corrected chi connectivity index (χ1v) is 6.19. The molecule has 0 amide bonds. The number of rotatable bonds is 2. The van der Waals surface area contributed by atoms with Crippen molar-refractivity contribution in [3.8, 4) is 0 Å². The van der Waals surface area contributed by atoms with Crippen molar-refractivity contribution >= 4 is 0 Å². The van der Waals surface area contributed by atoms with Gasteiger partial charge in [-0.3, -0.25) is 4.90 Å². The summed E-state index contributed by atoms with van der Waals surface area (Å²) in [7, 11) is 0. The van der Waals surface area contributed by atoms with E-state index in [1.165, 1.54) is 43.5 Å². The van der Waals surface area contributed by atoms with Crippen molar-refractivity contribution in [1.82, 2.24) is 4.90 Å². The van der Waals surface area contributed by atoms with E-state index < -0.39 is 0 Å². The van der Waals surface area contributed by atoms with Crippen LogP contribution in [0, 0.1) is 0 Å². The van der Waals surface area contributed by atoms with Crippen LogP contribution < -0.4 is 0 Å². The Balaban J connectivity index is 2.01. The zero-order valence-corrected chi connectivity index (χ0v) is 10.0. The Morgan fingerprint density at radius 3 is 2.75 bits per heavy atom. The van der Waals surface area contributed by atoms with Crippen molar-refractivity contribution in [3.05, 3.63) is 35.2 Å². The van der Waals surface area contributed by atoms with Gasteiger partial charge in [0.1, 0.15) is 5.83 Å². The molecule has 0 N–H and O–H groups in total. The lowest BCUT2D eigenvalue weighted by atomic mass is 10.0. The number of piperidine rings is 1. The van der Waals surface area contributed by atoms with E-state index in [4.69, 9.17) is 0 Å². The number of halogens is 1. The number of hydrogen-bond donors (Lipinski definition) is 0. The third kappa shape index (κ3) is 3.05. The van der Waals surface area contributed by atoms with E-state index in [0.717, 1.165) is 6.54 Å². The van der Waals surface area contributed by atoms with Gasteiger partial charge >= 0.3 is 0 Å². The quantitative estimate of drug-likeness (QED) is 0.688. The van der Waals surface area contributed by atoms with Gasteiger partial charge in [-0.25, -0.2) is 4.39 Å². The molecule has 1 heterocycles. The molecule has 0 radical (unpaired) electrons. The normalized spacial score (nSPS) is 23.2. The van der Waals surface area contributed by atoms with Crippen molar-refractivity contribution < 1.29 is 4.39 Å². The minimum absolute atomic E-state index is 0.0138. The highest BCUT2D eigenvalue weighted by molar-refractivity contribution is 5.33. The summed E-state index contributed by atoms with van der Waals surface area (Å²) < 4.78 is 13.4. The minimum atomic E-state index is -0.0138. The van der Waals surface area contributed by atoms with Crippen LogP contribution >= 0.6 is 0 Å². The van der Waals surface area contributed by atoms with Crippen molar-refractivity contribution in [2.45, 2.75) is 32.6 Å². The molecule has 1 aliphatic carbocycles. The Hall–Kier alpha value is -0.890. The fourth-order valence-corrected chi connectivity index (χ4v) is 2.38. The molecule has 0 unspecified atom stereocenters. The number of nitrogens with zero attached hydrogens (tertiary/aromatic N) is 1. The fraction of sp³-hybridized carbons (Fsp3) is 0.571. The second kappa shape index (κ2) is 5.44. The minimum Gasteiger partial charge on any atom is -0.299 e. The molecular weight excluding hydrogens is 201 g/mol. The summed E-state index contributed by atoms with van der Waals surface area (Å²) in [4.78, 5) is 2.45. The van der Waals surface area contributed by atoms with E-state index in [1.807, 2.05) is 12.2 Å². The van der Waals surface area contributed by atoms with E-state index in [2.05, 4.69) is 11.8 Å². The van der Waals surface area contributed by atoms with Crippen LogP contribution in [-0.2, 0) is 0 Å². The smallest absolute Gasteiger partial charge is 0.104 e. The second-order valence-electron chi connectivity index (χ2n) is 4.77. The highest BCUT2D eigenvalue weighted by atomic mass is 19.1. The van der Waals surface area contributed by atoms with E-state index in [-0.39, 0.29) is 5.83 Å². The molecule has 0 spiro atoms. The van der Waals surface area contributed by atoms with Gasteiger partial charge in [-0.15, -0.1) is 0 Å². The van der Waals surface area contributed by atoms with Gasteiger partial charge in [0.2, 0.25) is 0 Å². The van der Waals surface area contributed by atoms with Gasteiger partial charge < -0.3 is 0 Å². The lowest BCUT2D eigenvalue weighted by molar-refractivity contribution is 0.244. The molecule has 16 heavy (non-hydrogen) atoms. The zero-order valence-electron chi connectivity index (χ0n) is 10.0. The molecule has 1 aliphatic heterocycles. The summed E-state index contributed by atoms with van der Waals surface area (Å²) in [6.07, 6.45) is 9.84. The average molecular weight is 221 g/mol. The van der Waals surface area contributed by atoms with Crippen LogP contribution in [0.4, 0.5) is 4.39 Å². The number of hydrogen-bond acceptors (Lipinski definition) is 1. The van der Waals surface area contributed by atoms with E-state index in [1.54, 1.807) is 6.08 Å². The van der Waals surface area contributed by atoms with Crippen LogP contribution in [0.5, 0.6) is 0 Å². The molecule has 0 aromatic rings. The first-order valence-electron chi connectivity index (χ1n) is 6.19. The molecule has 0 aromatic heterocycles.